The molecule has 8 heavy (non-hydrogen) atoms. The number of hydrogen-bond acceptors (Lipinski definition) is 0. The molecule has 0 aliphatic rings. The van der Waals surface area contributed by atoms with E-state index in [-0.39, 0.29) is 0 Å². The average molecular weight is 98.8 g/mol. The Morgan fingerprint density at radius 3 is 1.12 bits per heavy atom. The fourth-order valence-electron chi connectivity index (χ4n) is 0.770. The number of rotatable bonds is 2. The van der Waals surface area contributed by atoms with Crippen molar-refractivity contribution in [3.8, 4) is 0 Å². The highest BCUT2D eigenvalue weighted by Gasteiger charge is 2.17. The quantitative estimate of drug-likeness (QED) is 0.308. The molecule has 0 aliphatic carbocycles. The van der Waals surface area contributed by atoms with Crippen LogP contribution in [0, 0.1) is 0 Å². The second-order valence-corrected chi connectivity index (χ2v) is 3.35. The van der Waals surface area contributed by atoms with Crippen molar-refractivity contribution in [3.63, 3.8) is 0 Å². The first-order chi connectivity index (χ1) is 3.55. The minimum Gasteiger partial charge on any atom is -0.101 e. The van der Waals surface area contributed by atoms with Gasteiger partial charge in [-0.3, -0.25) is 0 Å². The van der Waals surface area contributed by atoms with Crippen LogP contribution < -0.4 is 0 Å². The molecular weight excluding hydrogens is 87.7 g/mol. The molecular formula is CH11B7. The lowest BCUT2D eigenvalue weighted by Crippen LogP contribution is -2.48. The molecule has 0 unspecified atom stereocenters. The third-order valence-corrected chi connectivity index (χ3v) is 2.10. The molecule has 0 amide bonds. The van der Waals surface area contributed by atoms with Crippen molar-refractivity contribution in [2.24, 2.45) is 0 Å². The molecule has 0 bridgehead atoms. The van der Waals surface area contributed by atoms with Gasteiger partial charge in [0.05, 0.1) is 30.9 Å². The molecule has 0 saturated carbocycles. The maximum atomic E-state index is 2.31. The lowest BCUT2D eigenvalue weighted by Gasteiger charge is -2.11. The minimum absolute atomic E-state index is 0.843. The van der Waals surface area contributed by atoms with Crippen LogP contribution in [0.5, 0.6) is 0 Å². The van der Waals surface area contributed by atoms with Gasteiger partial charge in [-0.1, -0.05) is 0 Å². The van der Waals surface area contributed by atoms with E-state index >= 15 is 0 Å². The van der Waals surface area contributed by atoms with Crippen LogP contribution in [0.3, 0.4) is 0 Å². The van der Waals surface area contributed by atoms with Crippen LogP contribution in [0.15, 0.2) is 0 Å². The van der Waals surface area contributed by atoms with Crippen LogP contribution in [-0.2, 0) is 0 Å². The summed E-state index contributed by atoms with van der Waals surface area (Å²) in [5, 5.41) is 0. The topological polar surface area (TPSA) is 0 Å². The molecule has 0 N–H and O–H groups in total. The predicted molar refractivity (Wildman–Crippen MR) is 57.3 cm³/mol. The second kappa shape index (κ2) is 3.47. The Hall–Kier alpha value is 0.455. The first-order valence-electron chi connectivity index (χ1n) is 3.55. The largest absolute Gasteiger partial charge is 0.101 e. The van der Waals surface area contributed by atoms with Crippen molar-refractivity contribution in [2.45, 2.75) is 6.82 Å². The SMILES string of the molecule is BB(B)B(C)B(B)B. The molecule has 0 radical (unpaired) electrons. The Kier molecular flexibility index (Phi) is 3.67. The molecule has 0 heterocycles. The van der Waals surface area contributed by atoms with Crippen LogP contribution in [0.2, 0.25) is 6.82 Å². The van der Waals surface area contributed by atoms with E-state index in [4.69, 9.17) is 0 Å². The van der Waals surface area contributed by atoms with Crippen molar-refractivity contribution in [3.05, 3.63) is 0 Å². The zero-order valence-corrected chi connectivity index (χ0v) is 6.73. The third kappa shape index (κ3) is 2.69. The van der Waals surface area contributed by atoms with E-state index < -0.39 is 0 Å². The molecule has 0 aromatic rings. The van der Waals surface area contributed by atoms with Crippen LogP contribution in [0.25, 0.3) is 0 Å². The summed E-state index contributed by atoms with van der Waals surface area (Å²) in [5.74, 6) is 0. The maximum Gasteiger partial charge on any atom is 0.0560 e. The molecule has 0 aromatic carbocycles. The molecule has 0 rings (SSSR count). The van der Waals surface area contributed by atoms with E-state index in [9.17, 15) is 0 Å². The van der Waals surface area contributed by atoms with Crippen LogP contribution >= 0.6 is 0 Å². The van der Waals surface area contributed by atoms with Gasteiger partial charge >= 0.3 is 0 Å². The van der Waals surface area contributed by atoms with E-state index in [1.165, 1.54) is 0 Å². The average Bonchev–Trinajstić information content (AvgIpc) is 1.64. The molecule has 0 aromatic heterocycles. The van der Waals surface area contributed by atoms with Gasteiger partial charge in [0.1, 0.15) is 0 Å². The fraction of sp³-hybridized carbons (Fsp3) is 1.00. The van der Waals surface area contributed by atoms with Gasteiger partial charge in [-0.05, 0) is 0 Å². The molecule has 0 saturated heterocycles. The van der Waals surface area contributed by atoms with Crippen molar-refractivity contribution >= 4 is 50.2 Å². The number of hydrogen-bond donors (Lipinski definition) is 0. The molecule has 0 atom stereocenters. The Bertz CT molecular complexity index is 49.4. The first-order valence-corrected chi connectivity index (χ1v) is 3.55. The lowest BCUT2D eigenvalue weighted by molar-refractivity contribution is 2.33. The molecule has 7 heteroatoms. The maximum absolute atomic E-state index is 2.31. The zero-order chi connectivity index (χ0) is 6.73. The monoisotopic (exact) mass is 100 g/mol. The standard InChI is InChI=1S/CH11B7/c1-6(7(2)3)8(4)5/h2-5H2,1H3. The van der Waals surface area contributed by atoms with E-state index in [0.29, 0.717) is 0 Å². The molecule has 36 valence electrons. The molecule has 0 fully saturated rings. The normalized spacial score (nSPS) is 8.12. The van der Waals surface area contributed by atoms with E-state index in [2.05, 4.69) is 37.8 Å². The predicted octanol–water partition coefficient (Wildman–Crippen LogP) is -4.22. The summed E-state index contributed by atoms with van der Waals surface area (Å²) in [6, 6.07) is 0. The van der Waals surface area contributed by atoms with Gasteiger partial charge in [-0.15, -0.1) is 6.82 Å². The Morgan fingerprint density at radius 2 is 1.12 bits per heavy atom. The van der Waals surface area contributed by atoms with Crippen LogP contribution in [0.1, 0.15) is 0 Å². The highest BCUT2D eigenvalue weighted by atomic mass is 13.1. The minimum atomic E-state index is 0.843. The summed E-state index contributed by atoms with van der Waals surface area (Å²) in [6.07, 6.45) is 1.69. The van der Waals surface area contributed by atoms with E-state index in [0.717, 1.165) is 19.3 Å². The Balaban J connectivity index is 3.46. The van der Waals surface area contributed by atoms with E-state index in [1.54, 1.807) is 0 Å². The molecule has 0 aliphatic heterocycles. The van der Waals surface area contributed by atoms with Crippen molar-refractivity contribution in [2.75, 3.05) is 0 Å². The molecule has 0 spiro atoms. The van der Waals surface area contributed by atoms with Gasteiger partial charge in [0, 0.05) is 19.3 Å². The van der Waals surface area contributed by atoms with Crippen molar-refractivity contribution in [1.82, 2.24) is 0 Å². The summed E-state index contributed by atoms with van der Waals surface area (Å²) in [6.45, 7) is 3.19. The van der Waals surface area contributed by atoms with Crippen LogP contribution in [-0.4, -0.2) is 50.2 Å². The molecule has 0 nitrogen and oxygen atoms in total. The first kappa shape index (κ1) is 8.45. The van der Waals surface area contributed by atoms with Gasteiger partial charge in [0.25, 0.3) is 0 Å². The van der Waals surface area contributed by atoms with Gasteiger partial charge in [0.2, 0.25) is 0 Å². The summed E-state index contributed by atoms with van der Waals surface area (Å²) < 4.78 is 0. The highest BCUT2D eigenvalue weighted by Crippen LogP contribution is 1.81. The van der Waals surface area contributed by atoms with Crippen molar-refractivity contribution in [1.29, 1.82) is 0 Å². The third-order valence-electron chi connectivity index (χ3n) is 2.10. The highest BCUT2D eigenvalue weighted by molar-refractivity contribution is 7.81. The Labute approximate surface area is 57.7 Å². The van der Waals surface area contributed by atoms with Crippen LogP contribution in [0.4, 0.5) is 0 Å². The van der Waals surface area contributed by atoms with Gasteiger partial charge in [-0.2, -0.15) is 0 Å². The Morgan fingerprint density at radius 1 is 0.875 bits per heavy atom. The van der Waals surface area contributed by atoms with Gasteiger partial charge < -0.3 is 0 Å². The second-order valence-electron chi connectivity index (χ2n) is 3.35. The summed E-state index contributed by atoms with van der Waals surface area (Å²) in [4.78, 5) is 0. The fourth-order valence-corrected chi connectivity index (χ4v) is 0.770. The van der Waals surface area contributed by atoms with E-state index in [1.807, 2.05) is 0 Å². The zero-order valence-electron chi connectivity index (χ0n) is 6.73. The lowest BCUT2D eigenvalue weighted by atomic mass is 8.73. The summed E-state index contributed by atoms with van der Waals surface area (Å²) >= 11 is 0. The summed E-state index contributed by atoms with van der Waals surface area (Å²) in [7, 11) is 9.13. The van der Waals surface area contributed by atoms with Gasteiger partial charge in [-0.25, -0.2) is 0 Å². The smallest absolute Gasteiger partial charge is 0.0560 e. The van der Waals surface area contributed by atoms with Gasteiger partial charge in [0.15, 0.2) is 0 Å². The van der Waals surface area contributed by atoms with Crippen molar-refractivity contribution < 1.29 is 0 Å². The summed E-state index contributed by atoms with van der Waals surface area (Å²) in [5.41, 5.74) is 0.